The van der Waals surface area contributed by atoms with Crippen molar-refractivity contribution in [3.8, 4) is 0 Å². The predicted octanol–water partition coefficient (Wildman–Crippen LogP) is 0.461. The van der Waals surface area contributed by atoms with Gasteiger partial charge in [0.1, 0.15) is 5.69 Å². The van der Waals surface area contributed by atoms with Gasteiger partial charge in [0.25, 0.3) is 0 Å². The van der Waals surface area contributed by atoms with Crippen molar-refractivity contribution in [2.75, 3.05) is 5.73 Å². The van der Waals surface area contributed by atoms with E-state index in [9.17, 15) is 4.79 Å². The molecule has 0 saturated heterocycles. The molecule has 0 radical (unpaired) electrons. The molecule has 0 aliphatic carbocycles. The lowest BCUT2D eigenvalue weighted by Gasteiger charge is -1.98. The summed E-state index contributed by atoms with van der Waals surface area (Å²) in [5.41, 5.74) is 6.03. The molecule has 0 spiro atoms. The number of aromatic nitrogens is 4. The second kappa shape index (κ2) is 2.97. The molecule has 0 aliphatic heterocycles. The molecule has 0 atom stereocenters. The van der Waals surface area contributed by atoms with E-state index < -0.39 is 5.97 Å². The maximum Gasteiger partial charge on any atom is 0.356 e. The molecule has 7 heteroatoms. The number of rotatable bonds is 2. The lowest BCUT2D eigenvalue weighted by atomic mass is 10.2. The van der Waals surface area contributed by atoms with Crippen LogP contribution in [0.25, 0.3) is 5.65 Å². The van der Waals surface area contributed by atoms with E-state index in [1.54, 1.807) is 0 Å². The number of aromatic amines is 1. The van der Waals surface area contributed by atoms with Crippen LogP contribution >= 0.6 is 0 Å². The molecule has 7 nitrogen and oxygen atoms in total. The number of carboxylic acid groups (broad SMARTS) is 1. The van der Waals surface area contributed by atoms with Crippen molar-refractivity contribution in [2.45, 2.75) is 19.8 Å². The summed E-state index contributed by atoms with van der Waals surface area (Å²) in [7, 11) is 0. The molecule has 0 aromatic carbocycles. The summed E-state index contributed by atoms with van der Waals surface area (Å²) in [6, 6.07) is 0. The van der Waals surface area contributed by atoms with Gasteiger partial charge in [-0.15, -0.1) is 10.2 Å². The third-order valence-electron chi connectivity index (χ3n) is 2.15. The Kier molecular flexibility index (Phi) is 1.88. The number of nitrogens with one attached hydrogen (secondary N) is 1. The molecule has 0 fully saturated rings. The number of fused-ring (bicyclic) bond motifs is 1. The third-order valence-corrected chi connectivity index (χ3v) is 2.15. The highest BCUT2D eigenvalue weighted by Crippen LogP contribution is 2.20. The highest BCUT2D eigenvalue weighted by atomic mass is 16.4. The van der Waals surface area contributed by atoms with E-state index >= 15 is 0 Å². The molecule has 2 heterocycles. The van der Waals surface area contributed by atoms with Crippen molar-refractivity contribution in [1.82, 2.24) is 19.8 Å². The van der Waals surface area contributed by atoms with Crippen molar-refractivity contribution in [3.63, 3.8) is 0 Å². The van der Waals surface area contributed by atoms with Crippen LogP contribution in [0.2, 0.25) is 0 Å². The Bertz CT molecular complexity index is 524. The van der Waals surface area contributed by atoms with Gasteiger partial charge >= 0.3 is 5.97 Å². The van der Waals surface area contributed by atoms with Crippen LogP contribution in [-0.2, 0) is 0 Å². The molecule has 0 amide bonds. The lowest BCUT2D eigenvalue weighted by Crippen LogP contribution is -2.03. The van der Waals surface area contributed by atoms with Crippen LogP contribution in [0.4, 0.5) is 5.69 Å². The van der Waals surface area contributed by atoms with E-state index in [1.807, 2.05) is 13.8 Å². The summed E-state index contributed by atoms with van der Waals surface area (Å²) in [4.78, 5) is 10.8. The number of anilines is 1. The number of aromatic carboxylic acids is 1. The second-order valence-electron chi connectivity index (χ2n) is 3.58. The number of hydrogen-bond acceptors (Lipinski definition) is 4. The van der Waals surface area contributed by atoms with Gasteiger partial charge in [0.15, 0.2) is 11.5 Å². The summed E-state index contributed by atoms with van der Waals surface area (Å²) in [6.45, 7) is 3.88. The van der Waals surface area contributed by atoms with Gasteiger partial charge in [-0.25, -0.2) is 9.31 Å². The fourth-order valence-electron chi connectivity index (χ4n) is 1.40. The van der Waals surface area contributed by atoms with Gasteiger partial charge < -0.3 is 10.8 Å². The Morgan fingerprint density at radius 3 is 2.73 bits per heavy atom. The highest BCUT2D eigenvalue weighted by Gasteiger charge is 2.20. The number of nitrogens with zero attached hydrogens (tertiary/aromatic N) is 3. The number of carboxylic acids is 1. The molecule has 0 saturated carbocycles. The quantitative estimate of drug-likeness (QED) is 0.665. The first kappa shape index (κ1) is 9.50. The van der Waals surface area contributed by atoms with Gasteiger partial charge in [-0.3, -0.25) is 5.10 Å². The molecule has 0 aliphatic rings. The van der Waals surface area contributed by atoms with Crippen LogP contribution < -0.4 is 5.73 Å². The fourth-order valence-corrected chi connectivity index (χ4v) is 1.40. The third kappa shape index (κ3) is 1.24. The minimum absolute atomic E-state index is 0.0539. The van der Waals surface area contributed by atoms with Gasteiger partial charge in [-0.2, -0.15) is 0 Å². The molecule has 0 bridgehead atoms. The minimum Gasteiger partial charge on any atom is -0.476 e. The van der Waals surface area contributed by atoms with Crippen LogP contribution in [0, 0.1) is 0 Å². The van der Waals surface area contributed by atoms with Gasteiger partial charge in [0.05, 0.1) is 0 Å². The summed E-state index contributed by atoms with van der Waals surface area (Å²) in [5, 5.41) is 19.3. The van der Waals surface area contributed by atoms with Crippen LogP contribution in [0.1, 0.15) is 36.1 Å². The van der Waals surface area contributed by atoms with E-state index in [1.165, 1.54) is 4.52 Å². The number of carbonyl (C=O) groups is 1. The molecule has 15 heavy (non-hydrogen) atoms. The van der Waals surface area contributed by atoms with Crippen molar-refractivity contribution in [3.05, 3.63) is 11.5 Å². The van der Waals surface area contributed by atoms with Crippen LogP contribution in [0.15, 0.2) is 0 Å². The van der Waals surface area contributed by atoms with E-state index in [4.69, 9.17) is 10.8 Å². The Morgan fingerprint density at radius 1 is 1.53 bits per heavy atom. The van der Waals surface area contributed by atoms with E-state index in [0.29, 0.717) is 11.5 Å². The van der Waals surface area contributed by atoms with Crippen molar-refractivity contribution < 1.29 is 9.90 Å². The average Bonchev–Trinajstić information content (AvgIpc) is 2.66. The maximum absolute atomic E-state index is 10.8. The zero-order chi connectivity index (χ0) is 11.2. The molecular formula is C8H11N5O2. The van der Waals surface area contributed by atoms with Crippen molar-refractivity contribution in [1.29, 1.82) is 0 Å². The molecule has 2 aromatic heterocycles. The first-order valence-corrected chi connectivity index (χ1v) is 4.48. The van der Waals surface area contributed by atoms with Crippen molar-refractivity contribution >= 4 is 17.3 Å². The smallest absolute Gasteiger partial charge is 0.356 e. The number of nitrogen functional groups attached to an aromatic ring is 1. The predicted molar refractivity (Wildman–Crippen MR) is 52.8 cm³/mol. The highest BCUT2D eigenvalue weighted by molar-refractivity contribution is 5.95. The first-order chi connectivity index (χ1) is 7.02. The van der Waals surface area contributed by atoms with E-state index in [0.717, 1.165) is 0 Å². The molecular weight excluding hydrogens is 198 g/mol. The standard InChI is InChI=1S/C8H11N5O2/c1-3(2)6-10-11-7-4(9)5(8(14)15)12-13(6)7/h3,12H,9H2,1-2H3,(H,14,15). The Hall–Kier alpha value is -2.05. The fraction of sp³-hybridized carbons (Fsp3) is 0.375. The summed E-state index contributed by atoms with van der Waals surface area (Å²) < 4.78 is 1.50. The number of hydrogen-bond donors (Lipinski definition) is 3. The zero-order valence-corrected chi connectivity index (χ0v) is 8.35. The average molecular weight is 209 g/mol. The molecule has 2 rings (SSSR count). The molecule has 80 valence electrons. The topological polar surface area (TPSA) is 109 Å². The Labute approximate surface area is 84.9 Å². The van der Waals surface area contributed by atoms with Gasteiger partial charge in [-0.1, -0.05) is 13.8 Å². The van der Waals surface area contributed by atoms with Gasteiger partial charge in [-0.05, 0) is 0 Å². The number of H-pyrrole nitrogens is 1. The summed E-state index contributed by atoms with van der Waals surface area (Å²) in [6.07, 6.45) is 0. The molecule has 2 aromatic rings. The zero-order valence-electron chi connectivity index (χ0n) is 8.35. The van der Waals surface area contributed by atoms with Crippen LogP contribution in [0.5, 0.6) is 0 Å². The van der Waals surface area contributed by atoms with Gasteiger partial charge in [0.2, 0.25) is 5.65 Å². The van der Waals surface area contributed by atoms with Crippen LogP contribution in [-0.4, -0.2) is 30.9 Å². The molecule has 0 unspecified atom stereocenters. The summed E-state index contributed by atoms with van der Waals surface area (Å²) in [5.74, 6) is -0.309. The number of nitrogens with two attached hydrogens (primary N) is 1. The van der Waals surface area contributed by atoms with E-state index in [2.05, 4.69) is 15.3 Å². The Morgan fingerprint density at radius 2 is 2.20 bits per heavy atom. The lowest BCUT2D eigenvalue weighted by molar-refractivity contribution is 0.0691. The van der Waals surface area contributed by atoms with Crippen molar-refractivity contribution in [2.24, 2.45) is 0 Å². The Balaban J connectivity index is 2.72. The first-order valence-electron chi connectivity index (χ1n) is 4.48. The normalized spacial score (nSPS) is 11.4. The second-order valence-corrected chi connectivity index (χ2v) is 3.58. The molecule has 4 N–H and O–H groups in total. The largest absolute Gasteiger partial charge is 0.476 e. The van der Waals surface area contributed by atoms with Crippen LogP contribution in [0.3, 0.4) is 0 Å². The van der Waals surface area contributed by atoms with Gasteiger partial charge in [0, 0.05) is 5.92 Å². The van der Waals surface area contributed by atoms with E-state index in [-0.39, 0.29) is 17.3 Å². The maximum atomic E-state index is 10.8. The SMILES string of the molecule is CC(C)c1nnc2c(N)c(C(=O)O)[nH]n12. The summed E-state index contributed by atoms with van der Waals surface area (Å²) >= 11 is 0. The monoisotopic (exact) mass is 209 g/mol. The minimum atomic E-state index is -1.10.